The molecule has 0 amide bonds. The van der Waals surface area contributed by atoms with Gasteiger partial charge in [0.2, 0.25) is 0 Å². The van der Waals surface area contributed by atoms with Crippen LogP contribution in [0.5, 0.6) is 0 Å². The van der Waals surface area contributed by atoms with Gasteiger partial charge in [0.15, 0.2) is 7.14 Å². The van der Waals surface area contributed by atoms with Gasteiger partial charge in [0, 0.05) is 33.1 Å². The van der Waals surface area contributed by atoms with Crippen molar-refractivity contribution in [2.75, 3.05) is 0 Å². The molecule has 0 atom stereocenters. The smallest absolute Gasteiger partial charge is 0.171 e. The van der Waals surface area contributed by atoms with Crippen LogP contribution in [0.3, 0.4) is 0 Å². The number of hydrogen-bond donors (Lipinski definition) is 0. The van der Waals surface area contributed by atoms with Gasteiger partial charge < -0.3 is 4.57 Å². The van der Waals surface area contributed by atoms with Gasteiger partial charge in [0.25, 0.3) is 0 Å². The molecule has 0 N–H and O–H groups in total. The standard InChI is InChI=1S/C41H31NOP2S/c43-44(34-14-5-1-6-15-34,35-16-7-2-8-17-35)36-28-24-32(25-29-36)40-22-13-23-41(42-40)33-26-30-39(31-27-33)45(46,37-18-9-3-10-19-37)38-20-11-4-12-21-38/h1-31H. The average Bonchev–Trinajstić information content (AvgIpc) is 3.16. The third kappa shape index (κ3) is 5.63. The summed E-state index contributed by atoms with van der Waals surface area (Å²) in [6.07, 6.45) is 0. The largest absolute Gasteiger partial charge is 0.309 e. The maximum atomic E-state index is 14.8. The second-order valence-corrected chi connectivity index (χ2v) is 18.2. The Balaban J connectivity index is 1.21. The SMILES string of the molecule is O=P(c1ccccc1)(c1ccccc1)c1ccc(-c2cccc(-c3ccc(P(=S)(c4ccccc4)c4ccccc4)cc3)n2)cc1. The summed E-state index contributed by atoms with van der Waals surface area (Å²) in [5.74, 6) is 0. The van der Waals surface area contributed by atoms with E-state index in [0.717, 1.165) is 43.7 Å². The van der Waals surface area contributed by atoms with Crippen molar-refractivity contribution in [2.24, 2.45) is 0 Å². The number of benzene rings is 6. The van der Waals surface area contributed by atoms with Crippen molar-refractivity contribution in [1.29, 1.82) is 0 Å². The molecule has 222 valence electrons. The molecule has 0 aliphatic carbocycles. The zero-order chi connectivity index (χ0) is 31.4. The molecular weight excluding hydrogens is 616 g/mol. The lowest BCUT2D eigenvalue weighted by molar-refractivity contribution is 0.592. The topological polar surface area (TPSA) is 30.0 Å². The first-order chi connectivity index (χ1) is 22.6. The number of pyridine rings is 1. The van der Waals surface area contributed by atoms with Crippen LogP contribution < -0.4 is 31.8 Å². The third-order valence-electron chi connectivity index (χ3n) is 8.28. The van der Waals surface area contributed by atoms with E-state index in [1.165, 1.54) is 10.6 Å². The molecule has 7 aromatic rings. The lowest BCUT2D eigenvalue weighted by atomic mass is 10.1. The van der Waals surface area contributed by atoms with Crippen molar-refractivity contribution in [1.82, 2.24) is 4.98 Å². The summed E-state index contributed by atoms with van der Waals surface area (Å²) in [4.78, 5) is 5.04. The van der Waals surface area contributed by atoms with E-state index in [-0.39, 0.29) is 0 Å². The van der Waals surface area contributed by atoms with E-state index in [1.807, 2.05) is 115 Å². The molecule has 0 fully saturated rings. The van der Waals surface area contributed by atoms with E-state index in [0.29, 0.717) is 0 Å². The summed E-state index contributed by atoms with van der Waals surface area (Å²) in [6, 6.07) is 61.0. The molecule has 1 aromatic heterocycles. The number of nitrogens with zero attached hydrogens (tertiary/aromatic N) is 1. The highest BCUT2D eigenvalue weighted by atomic mass is 32.4. The quantitative estimate of drug-likeness (QED) is 0.158. The Morgan fingerprint density at radius 1 is 0.348 bits per heavy atom. The monoisotopic (exact) mass is 647 g/mol. The van der Waals surface area contributed by atoms with Crippen molar-refractivity contribution in [3.05, 3.63) is 188 Å². The molecule has 0 saturated heterocycles. The molecule has 0 spiro atoms. The van der Waals surface area contributed by atoms with Crippen LogP contribution in [-0.4, -0.2) is 4.98 Å². The third-order valence-corrected chi connectivity index (χ3v) is 16.3. The summed E-state index contributed by atoms with van der Waals surface area (Å²) < 4.78 is 14.8. The Hall–Kier alpha value is -4.65. The van der Waals surface area contributed by atoms with Crippen LogP contribution in [0, 0.1) is 0 Å². The van der Waals surface area contributed by atoms with E-state index in [4.69, 9.17) is 16.8 Å². The molecule has 5 heteroatoms. The normalized spacial score (nSPS) is 11.7. The molecule has 0 radical (unpaired) electrons. The van der Waals surface area contributed by atoms with Gasteiger partial charge in [0.1, 0.15) is 0 Å². The van der Waals surface area contributed by atoms with Gasteiger partial charge in [-0.2, -0.15) is 0 Å². The highest BCUT2D eigenvalue weighted by molar-refractivity contribution is 8.25. The van der Waals surface area contributed by atoms with E-state index >= 15 is 0 Å². The number of hydrogen-bond acceptors (Lipinski definition) is 3. The molecule has 0 unspecified atom stereocenters. The second-order valence-electron chi connectivity index (χ2n) is 11.1. The molecule has 46 heavy (non-hydrogen) atoms. The Bertz CT molecular complexity index is 1930. The first-order valence-corrected chi connectivity index (χ1v) is 19.7. The molecule has 0 aliphatic rings. The average molecular weight is 648 g/mol. The van der Waals surface area contributed by atoms with E-state index in [9.17, 15) is 4.57 Å². The summed E-state index contributed by atoms with van der Waals surface area (Å²) in [5.41, 5.74) is 3.75. The Kier molecular flexibility index (Phi) is 8.48. The van der Waals surface area contributed by atoms with Crippen molar-refractivity contribution in [3.8, 4) is 22.5 Å². The minimum absolute atomic E-state index is 0.799. The van der Waals surface area contributed by atoms with Crippen LogP contribution in [0.1, 0.15) is 0 Å². The summed E-state index contributed by atoms with van der Waals surface area (Å²) in [6.45, 7) is 0. The molecule has 0 saturated carbocycles. The molecular formula is C41H31NOP2S. The van der Waals surface area contributed by atoms with Crippen molar-refractivity contribution >= 4 is 56.8 Å². The minimum atomic E-state index is -3.03. The fraction of sp³-hybridized carbons (Fsp3) is 0. The summed E-state index contributed by atoms with van der Waals surface area (Å²) >= 11 is 6.52. The molecule has 1 heterocycles. The van der Waals surface area contributed by atoms with Gasteiger partial charge in [-0.15, -0.1) is 0 Å². The van der Waals surface area contributed by atoms with Gasteiger partial charge in [-0.1, -0.05) is 188 Å². The van der Waals surface area contributed by atoms with Gasteiger partial charge in [0.05, 0.1) is 11.4 Å². The fourth-order valence-corrected chi connectivity index (χ4v) is 12.3. The van der Waals surface area contributed by atoms with Gasteiger partial charge in [-0.3, -0.25) is 0 Å². The molecule has 0 aliphatic heterocycles. The minimum Gasteiger partial charge on any atom is -0.309 e. The molecule has 7 rings (SSSR count). The molecule has 2 nitrogen and oxygen atoms in total. The first-order valence-electron chi connectivity index (χ1n) is 15.2. The lowest BCUT2D eigenvalue weighted by Crippen LogP contribution is -2.24. The van der Waals surface area contributed by atoms with Crippen LogP contribution in [0.15, 0.2) is 188 Å². The highest BCUT2D eigenvalue weighted by Crippen LogP contribution is 2.44. The fourth-order valence-electron chi connectivity index (χ4n) is 5.89. The van der Waals surface area contributed by atoms with Crippen molar-refractivity contribution < 1.29 is 4.57 Å². The maximum Gasteiger partial charge on any atom is 0.171 e. The Morgan fingerprint density at radius 3 is 1.04 bits per heavy atom. The van der Waals surface area contributed by atoms with E-state index < -0.39 is 13.2 Å². The zero-order valence-electron chi connectivity index (χ0n) is 25.1. The zero-order valence-corrected chi connectivity index (χ0v) is 27.7. The summed E-state index contributed by atoms with van der Waals surface area (Å²) in [7, 11) is -3.03. The van der Waals surface area contributed by atoms with Crippen LogP contribution in [0.4, 0.5) is 0 Å². The highest BCUT2D eigenvalue weighted by Gasteiger charge is 2.29. The van der Waals surface area contributed by atoms with Crippen LogP contribution in [-0.2, 0) is 16.4 Å². The second kappa shape index (κ2) is 13.0. The predicted octanol–water partition coefficient (Wildman–Crippen LogP) is 7.81. The van der Waals surface area contributed by atoms with Crippen LogP contribution in [0.2, 0.25) is 0 Å². The van der Waals surface area contributed by atoms with Crippen LogP contribution >= 0.6 is 13.2 Å². The Morgan fingerprint density at radius 2 is 0.652 bits per heavy atom. The van der Waals surface area contributed by atoms with Gasteiger partial charge >= 0.3 is 0 Å². The lowest BCUT2D eigenvalue weighted by Gasteiger charge is -2.24. The van der Waals surface area contributed by atoms with E-state index in [1.54, 1.807) is 0 Å². The maximum absolute atomic E-state index is 14.8. The predicted molar refractivity (Wildman–Crippen MR) is 201 cm³/mol. The number of aromatic nitrogens is 1. The Labute approximate surface area is 275 Å². The number of rotatable bonds is 8. The first kappa shape index (κ1) is 30.0. The molecule has 6 aromatic carbocycles. The van der Waals surface area contributed by atoms with Crippen molar-refractivity contribution in [3.63, 3.8) is 0 Å². The van der Waals surface area contributed by atoms with Crippen molar-refractivity contribution in [2.45, 2.75) is 0 Å². The van der Waals surface area contributed by atoms with Gasteiger partial charge in [-0.05, 0) is 28.0 Å². The van der Waals surface area contributed by atoms with Gasteiger partial charge in [-0.25, -0.2) is 4.98 Å². The summed E-state index contributed by atoms with van der Waals surface area (Å²) in [5, 5.41) is 5.95. The molecule has 0 bridgehead atoms. The van der Waals surface area contributed by atoms with E-state index in [2.05, 4.69) is 72.8 Å². The van der Waals surface area contributed by atoms with Crippen LogP contribution in [0.25, 0.3) is 22.5 Å².